The zero-order chi connectivity index (χ0) is 22.5. The van der Waals surface area contributed by atoms with Gasteiger partial charge in [0.05, 0.1) is 5.39 Å². The fraction of sp³-hybridized carbons (Fsp3) is 0.238. The highest BCUT2D eigenvalue weighted by atomic mass is 32.2. The number of esters is 1. The Labute approximate surface area is 180 Å². The van der Waals surface area contributed by atoms with Gasteiger partial charge in [-0.3, -0.25) is 9.59 Å². The number of nitrogens with one attached hydrogen (secondary N) is 1. The summed E-state index contributed by atoms with van der Waals surface area (Å²) in [5.74, 6) is -4.09. The predicted octanol–water partition coefficient (Wildman–Crippen LogP) is 3.84. The Hall–Kier alpha value is -3.27. The smallest absolute Gasteiger partial charge is 0.344 e. The van der Waals surface area contributed by atoms with Crippen molar-refractivity contribution < 1.29 is 23.1 Å². The average Bonchev–Trinajstić information content (AvgIpc) is 2.73. The van der Waals surface area contributed by atoms with Gasteiger partial charge in [0.1, 0.15) is 11.2 Å². The van der Waals surface area contributed by atoms with Gasteiger partial charge in [-0.25, -0.2) is 9.78 Å². The summed E-state index contributed by atoms with van der Waals surface area (Å²) >= 11 is 0.392. The second-order valence-corrected chi connectivity index (χ2v) is 7.57. The summed E-state index contributed by atoms with van der Waals surface area (Å²) in [6.45, 7) is 3.52. The van der Waals surface area contributed by atoms with E-state index in [9.17, 15) is 23.2 Å². The van der Waals surface area contributed by atoms with Crippen LogP contribution in [0.15, 0.2) is 52.3 Å². The molecule has 0 aliphatic rings. The highest BCUT2D eigenvalue weighted by molar-refractivity contribution is 7.99. The molecule has 2 heterocycles. The van der Waals surface area contributed by atoms with Crippen LogP contribution >= 0.6 is 11.8 Å². The molecule has 162 valence electrons. The number of alkyl halides is 2. The van der Waals surface area contributed by atoms with E-state index in [0.29, 0.717) is 34.5 Å². The van der Waals surface area contributed by atoms with Crippen LogP contribution in [-0.4, -0.2) is 33.8 Å². The maximum absolute atomic E-state index is 12.7. The van der Waals surface area contributed by atoms with Gasteiger partial charge in [0.15, 0.2) is 6.61 Å². The second-order valence-electron chi connectivity index (χ2n) is 6.51. The van der Waals surface area contributed by atoms with Crippen molar-refractivity contribution in [3.8, 4) is 0 Å². The van der Waals surface area contributed by atoms with E-state index in [-0.39, 0.29) is 10.9 Å². The zero-order valence-corrected chi connectivity index (χ0v) is 17.5. The maximum Gasteiger partial charge on any atom is 0.344 e. The van der Waals surface area contributed by atoms with Gasteiger partial charge in [-0.05, 0) is 50.2 Å². The Morgan fingerprint density at radius 3 is 2.55 bits per heavy atom. The number of carbonyl (C=O) groups excluding carboxylic acids is 2. The molecular formula is C21H19F2N3O4S. The largest absolute Gasteiger partial charge is 0.452 e. The van der Waals surface area contributed by atoms with Crippen LogP contribution in [-0.2, 0) is 16.1 Å². The minimum Gasteiger partial charge on any atom is -0.452 e. The summed E-state index contributed by atoms with van der Waals surface area (Å²) in [7, 11) is 0. The van der Waals surface area contributed by atoms with Crippen molar-refractivity contribution in [2.24, 2.45) is 0 Å². The number of aromatic nitrogens is 2. The van der Waals surface area contributed by atoms with Crippen molar-refractivity contribution in [1.29, 1.82) is 0 Å². The molecule has 31 heavy (non-hydrogen) atoms. The summed E-state index contributed by atoms with van der Waals surface area (Å²) < 4.78 is 31.4. The van der Waals surface area contributed by atoms with Crippen LogP contribution in [0, 0.1) is 6.92 Å². The minimum absolute atomic E-state index is 0.193. The molecule has 3 rings (SSSR count). The van der Waals surface area contributed by atoms with Gasteiger partial charge in [-0.1, -0.05) is 11.8 Å². The molecule has 0 aliphatic heterocycles. The molecule has 10 heteroatoms. The first-order chi connectivity index (χ1) is 14.8. The highest BCUT2D eigenvalue weighted by Crippen LogP contribution is 2.26. The first-order valence-electron chi connectivity index (χ1n) is 9.31. The molecule has 2 aromatic heterocycles. The van der Waals surface area contributed by atoms with E-state index in [1.165, 1.54) is 30.5 Å². The molecule has 0 fully saturated rings. The van der Waals surface area contributed by atoms with Gasteiger partial charge < -0.3 is 14.6 Å². The number of fused-ring (bicyclic) bond motifs is 1. The summed E-state index contributed by atoms with van der Waals surface area (Å²) in [4.78, 5) is 41.9. The number of halogens is 2. The summed E-state index contributed by atoms with van der Waals surface area (Å²) in [5.41, 5.74) is 0.850. The van der Waals surface area contributed by atoms with Crippen molar-refractivity contribution in [2.75, 3.05) is 11.9 Å². The quantitative estimate of drug-likeness (QED) is 0.437. The predicted molar refractivity (Wildman–Crippen MR) is 114 cm³/mol. The Balaban J connectivity index is 1.68. The number of hydrogen-bond acceptors (Lipinski definition) is 6. The monoisotopic (exact) mass is 447 g/mol. The molecule has 7 nitrogen and oxygen atoms in total. The first kappa shape index (κ1) is 22.4. The third-order valence-corrected chi connectivity index (χ3v) is 5.04. The molecule has 0 spiro atoms. The molecule has 0 atom stereocenters. The van der Waals surface area contributed by atoms with E-state index in [1.54, 1.807) is 23.6 Å². The molecular weight excluding hydrogens is 428 g/mol. The number of rotatable bonds is 7. The third-order valence-electron chi connectivity index (χ3n) is 4.32. The molecule has 3 aromatic rings. The van der Waals surface area contributed by atoms with E-state index in [4.69, 9.17) is 4.74 Å². The number of anilines is 1. The van der Waals surface area contributed by atoms with Gasteiger partial charge in [0.2, 0.25) is 5.43 Å². The molecule has 1 amide bonds. The highest BCUT2D eigenvalue weighted by Gasteiger charge is 2.18. The Kier molecular flexibility index (Phi) is 7.01. The molecule has 1 N–H and O–H groups in total. The number of pyridine rings is 2. The number of aryl methyl sites for hydroxylation is 2. The first-order valence-corrected chi connectivity index (χ1v) is 10.2. The molecule has 0 bridgehead atoms. The van der Waals surface area contributed by atoms with Gasteiger partial charge >= 0.3 is 5.97 Å². The third kappa shape index (κ3) is 5.46. The lowest BCUT2D eigenvalue weighted by Gasteiger charge is -2.11. The second kappa shape index (κ2) is 9.69. The van der Waals surface area contributed by atoms with Crippen molar-refractivity contribution in [3.05, 3.63) is 64.1 Å². The maximum atomic E-state index is 12.7. The Morgan fingerprint density at radius 2 is 1.90 bits per heavy atom. The zero-order valence-electron chi connectivity index (χ0n) is 16.7. The van der Waals surface area contributed by atoms with Crippen molar-refractivity contribution in [1.82, 2.24) is 9.55 Å². The lowest BCUT2D eigenvalue weighted by molar-refractivity contribution is -0.119. The summed E-state index contributed by atoms with van der Waals surface area (Å²) in [6, 6.07) is 9.08. The van der Waals surface area contributed by atoms with Crippen molar-refractivity contribution in [3.63, 3.8) is 0 Å². The molecule has 0 saturated carbocycles. The van der Waals surface area contributed by atoms with Crippen molar-refractivity contribution in [2.45, 2.75) is 31.0 Å². The lowest BCUT2D eigenvalue weighted by Crippen LogP contribution is -2.25. The molecule has 0 saturated heterocycles. The van der Waals surface area contributed by atoms with Crippen LogP contribution in [0.4, 0.5) is 14.5 Å². The Bertz CT molecular complexity index is 1180. The number of hydrogen-bond donors (Lipinski definition) is 1. The SMILES string of the molecule is CCn1cc(C(=O)OCC(=O)Nc2ccc(SC(F)F)cc2)c(=O)c2ccc(C)nc21. The normalized spacial score (nSPS) is 11.0. The topological polar surface area (TPSA) is 90.3 Å². The number of carbonyl (C=O) groups is 2. The van der Waals surface area contributed by atoms with Crippen LogP contribution in [0.25, 0.3) is 11.0 Å². The summed E-state index contributed by atoms with van der Waals surface area (Å²) in [5, 5.41) is 2.78. The molecule has 0 aliphatic carbocycles. The van der Waals surface area contributed by atoms with Crippen LogP contribution in [0.3, 0.4) is 0 Å². The van der Waals surface area contributed by atoms with Gasteiger partial charge in [0.25, 0.3) is 11.7 Å². The van der Waals surface area contributed by atoms with E-state index in [0.717, 1.165) is 5.69 Å². The molecule has 0 unspecified atom stereocenters. The van der Waals surface area contributed by atoms with Crippen molar-refractivity contribution >= 4 is 40.4 Å². The van der Waals surface area contributed by atoms with Gasteiger partial charge in [-0.2, -0.15) is 8.78 Å². The molecule has 0 radical (unpaired) electrons. The Morgan fingerprint density at radius 1 is 1.19 bits per heavy atom. The number of ether oxygens (including phenoxy) is 1. The lowest BCUT2D eigenvalue weighted by atomic mass is 10.2. The van der Waals surface area contributed by atoms with E-state index in [1.807, 2.05) is 6.92 Å². The van der Waals surface area contributed by atoms with E-state index in [2.05, 4.69) is 10.3 Å². The number of thioether (sulfide) groups is 1. The number of benzene rings is 1. The van der Waals surface area contributed by atoms with Crippen LogP contribution in [0.2, 0.25) is 0 Å². The van der Waals surface area contributed by atoms with Crippen LogP contribution in [0.1, 0.15) is 23.0 Å². The average molecular weight is 447 g/mol. The molecule has 1 aromatic carbocycles. The van der Waals surface area contributed by atoms with Gasteiger partial charge in [-0.15, -0.1) is 0 Å². The van der Waals surface area contributed by atoms with Crippen LogP contribution in [0.5, 0.6) is 0 Å². The number of amides is 1. The summed E-state index contributed by atoms with van der Waals surface area (Å²) in [6.07, 6.45) is 1.37. The van der Waals surface area contributed by atoms with Crippen LogP contribution < -0.4 is 10.7 Å². The van der Waals surface area contributed by atoms with E-state index >= 15 is 0 Å². The fourth-order valence-electron chi connectivity index (χ4n) is 2.87. The fourth-order valence-corrected chi connectivity index (χ4v) is 3.37. The minimum atomic E-state index is -2.54. The van der Waals surface area contributed by atoms with E-state index < -0.39 is 29.7 Å². The number of nitrogens with zero attached hydrogens (tertiary/aromatic N) is 2. The van der Waals surface area contributed by atoms with Gasteiger partial charge in [0, 0.05) is 29.0 Å². The standard InChI is InChI=1S/C21H19F2N3O4S/c1-3-26-10-16(18(28)15-9-4-12(2)24-19(15)26)20(29)30-11-17(27)25-13-5-7-14(8-6-13)31-21(22)23/h4-10,21H,3,11H2,1-2H3,(H,25,27).